The Kier molecular flexibility index (Phi) is 5.64. The number of ether oxygens (including phenoxy) is 2. The number of hydrogen-bond donors (Lipinski definition) is 2. The zero-order valence-corrected chi connectivity index (χ0v) is 14.7. The predicted octanol–water partition coefficient (Wildman–Crippen LogP) is 3.34. The molecule has 0 radical (unpaired) electrons. The third-order valence-electron chi connectivity index (χ3n) is 3.97. The second-order valence-corrected chi connectivity index (χ2v) is 5.69. The van der Waals surface area contributed by atoms with Gasteiger partial charge in [-0.05, 0) is 61.7 Å². The topological polar surface area (TPSA) is 84.9 Å². The van der Waals surface area contributed by atoms with Crippen molar-refractivity contribution >= 4 is 17.6 Å². The molecule has 6 nitrogen and oxygen atoms in total. The fourth-order valence-corrected chi connectivity index (χ4v) is 2.51. The van der Waals surface area contributed by atoms with Crippen LogP contribution in [0.4, 0.5) is 5.69 Å². The number of aryl methyl sites for hydroxylation is 1. The van der Waals surface area contributed by atoms with Crippen molar-refractivity contribution in [3.63, 3.8) is 0 Å². The molecule has 2 aromatic carbocycles. The third-order valence-corrected chi connectivity index (χ3v) is 3.97. The van der Waals surface area contributed by atoms with Crippen molar-refractivity contribution in [1.82, 2.24) is 0 Å². The van der Waals surface area contributed by atoms with Crippen molar-refractivity contribution in [3.05, 3.63) is 52.6 Å². The van der Waals surface area contributed by atoms with Gasteiger partial charge in [-0.25, -0.2) is 4.79 Å². The summed E-state index contributed by atoms with van der Waals surface area (Å²) in [7, 11) is 1.61. The molecule has 0 aliphatic carbocycles. The summed E-state index contributed by atoms with van der Waals surface area (Å²) in [4.78, 5) is 23.1. The Labute approximate surface area is 146 Å². The number of methoxy groups -OCH3 is 1. The average molecular weight is 343 g/mol. The number of hydrogen-bond acceptors (Lipinski definition) is 4. The highest BCUT2D eigenvalue weighted by Crippen LogP contribution is 2.31. The first-order chi connectivity index (χ1) is 11.8. The molecule has 2 aromatic rings. The van der Waals surface area contributed by atoms with Crippen LogP contribution in [0.3, 0.4) is 0 Å². The average Bonchev–Trinajstić information content (AvgIpc) is 2.60. The summed E-state index contributed by atoms with van der Waals surface area (Å²) >= 11 is 0. The molecule has 2 N–H and O–H groups in total. The van der Waals surface area contributed by atoms with E-state index in [0.717, 1.165) is 28.1 Å². The predicted molar refractivity (Wildman–Crippen MR) is 94.7 cm³/mol. The van der Waals surface area contributed by atoms with E-state index in [1.807, 2.05) is 26.8 Å². The minimum atomic E-state index is -1.07. The van der Waals surface area contributed by atoms with Crippen LogP contribution in [-0.2, 0) is 4.79 Å². The molecule has 0 unspecified atom stereocenters. The number of aliphatic carboxylic acids is 1. The molecule has 2 rings (SSSR count). The highest BCUT2D eigenvalue weighted by molar-refractivity contribution is 6.05. The van der Waals surface area contributed by atoms with E-state index in [2.05, 4.69) is 5.32 Å². The van der Waals surface area contributed by atoms with E-state index in [-0.39, 0.29) is 5.91 Å². The van der Waals surface area contributed by atoms with Crippen LogP contribution >= 0.6 is 0 Å². The van der Waals surface area contributed by atoms with E-state index >= 15 is 0 Å². The van der Waals surface area contributed by atoms with Crippen LogP contribution in [0.25, 0.3) is 0 Å². The Morgan fingerprint density at radius 1 is 1.12 bits per heavy atom. The maximum absolute atomic E-state index is 12.6. The lowest BCUT2D eigenvalue weighted by Gasteiger charge is -2.17. The summed E-state index contributed by atoms with van der Waals surface area (Å²) in [5, 5.41) is 11.6. The molecule has 0 atom stereocenters. The largest absolute Gasteiger partial charge is 0.496 e. The van der Waals surface area contributed by atoms with Crippen LogP contribution in [0, 0.1) is 20.8 Å². The molecule has 0 bridgehead atoms. The van der Waals surface area contributed by atoms with Crippen LogP contribution in [0.15, 0.2) is 30.3 Å². The summed E-state index contributed by atoms with van der Waals surface area (Å²) in [6.07, 6.45) is 0. The van der Waals surface area contributed by atoms with Crippen LogP contribution < -0.4 is 14.8 Å². The molecule has 0 aliphatic rings. The molecule has 0 fully saturated rings. The van der Waals surface area contributed by atoms with E-state index in [0.29, 0.717) is 11.3 Å². The number of amides is 1. The van der Waals surface area contributed by atoms with E-state index in [1.165, 1.54) is 6.07 Å². The highest BCUT2D eigenvalue weighted by Gasteiger charge is 2.15. The molecule has 132 valence electrons. The highest BCUT2D eigenvalue weighted by atomic mass is 16.5. The normalized spacial score (nSPS) is 10.2. The summed E-state index contributed by atoms with van der Waals surface area (Å²) in [5.74, 6) is -0.266. The number of rotatable bonds is 6. The molecule has 1 amide bonds. The molecule has 25 heavy (non-hydrogen) atoms. The molecule has 0 aliphatic heterocycles. The SMILES string of the molecule is COc1cc(C)c(NC(=O)c2cccc(OCC(=O)O)c2)c(C)c1C. The zero-order valence-electron chi connectivity index (χ0n) is 14.7. The van der Waals surface area contributed by atoms with Gasteiger partial charge in [-0.2, -0.15) is 0 Å². The van der Waals surface area contributed by atoms with Gasteiger partial charge in [0.15, 0.2) is 6.61 Å². The van der Waals surface area contributed by atoms with Crippen molar-refractivity contribution in [3.8, 4) is 11.5 Å². The Balaban J connectivity index is 2.24. The number of benzene rings is 2. The maximum atomic E-state index is 12.6. The fraction of sp³-hybridized carbons (Fsp3) is 0.263. The first-order valence-corrected chi connectivity index (χ1v) is 7.74. The minimum absolute atomic E-state index is 0.295. The lowest BCUT2D eigenvalue weighted by Crippen LogP contribution is -2.15. The fourth-order valence-electron chi connectivity index (χ4n) is 2.51. The van der Waals surface area contributed by atoms with Gasteiger partial charge < -0.3 is 19.9 Å². The summed E-state index contributed by atoms with van der Waals surface area (Å²) < 4.78 is 10.4. The number of anilines is 1. The van der Waals surface area contributed by atoms with Gasteiger partial charge in [-0.3, -0.25) is 4.79 Å². The quantitative estimate of drug-likeness (QED) is 0.840. The number of nitrogens with one attached hydrogen (secondary N) is 1. The standard InChI is InChI=1S/C19H21NO5/c1-11-8-16(24-4)12(2)13(3)18(11)20-19(23)14-6-5-7-15(9-14)25-10-17(21)22/h5-9H,10H2,1-4H3,(H,20,23)(H,21,22). The van der Waals surface area contributed by atoms with Gasteiger partial charge in [0.05, 0.1) is 7.11 Å². The van der Waals surface area contributed by atoms with Crippen LogP contribution in [0.5, 0.6) is 11.5 Å². The van der Waals surface area contributed by atoms with Crippen molar-refractivity contribution in [1.29, 1.82) is 0 Å². The van der Waals surface area contributed by atoms with Crippen LogP contribution in [0.1, 0.15) is 27.0 Å². The van der Waals surface area contributed by atoms with Crippen LogP contribution in [-0.4, -0.2) is 30.7 Å². The van der Waals surface area contributed by atoms with Gasteiger partial charge in [0.1, 0.15) is 11.5 Å². The summed E-state index contributed by atoms with van der Waals surface area (Å²) in [6.45, 7) is 5.30. The van der Waals surface area contributed by atoms with E-state index in [9.17, 15) is 9.59 Å². The van der Waals surface area contributed by atoms with Gasteiger partial charge in [-0.15, -0.1) is 0 Å². The lowest BCUT2D eigenvalue weighted by molar-refractivity contribution is -0.139. The van der Waals surface area contributed by atoms with E-state index < -0.39 is 12.6 Å². The molecular formula is C19H21NO5. The van der Waals surface area contributed by atoms with E-state index in [4.69, 9.17) is 14.6 Å². The lowest BCUT2D eigenvalue weighted by atomic mass is 10.0. The Morgan fingerprint density at radius 3 is 2.48 bits per heavy atom. The smallest absolute Gasteiger partial charge is 0.341 e. The van der Waals surface area contributed by atoms with Crippen molar-refractivity contribution in [2.24, 2.45) is 0 Å². The molecule has 6 heteroatoms. The van der Waals surface area contributed by atoms with Gasteiger partial charge in [0.2, 0.25) is 0 Å². The third kappa shape index (κ3) is 4.29. The first-order valence-electron chi connectivity index (χ1n) is 7.74. The molecule has 0 saturated heterocycles. The van der Waals surface area contributed by atoms with Gasteiger partial charge in [-0.1, -0.05) is 6.07 Å². The van der Waals surface area contributed by atoms with Crippen LogP contribution in [0.2, 0.25) is 0 Å². The maximum Gasteiger partial charge on any atom is 0.341 e. The molecule has 0 saturated carbocycles. The first kappa shape index (κ1) is 18.3. The Morgan fingerprint density at radius 2 is 1.84 bits per heavy atom. The molecular weight excluding hydrogens is 322 g/mol. The van der Waals surface area contributed by atoms with Crippen molar-refractivity contribution in [2.75, 3.05) is 19.0 Å². The monoisotopic (exact) mass is 343 g/mol. The minimum Gasteiger partial charge on any atom is -0.496 e. The number of carboxylic acid groups (broad SMARTS) is 1. The number of carboxylic acids is 1. The summed E-state index contributed by atoms with van der Waals surface area (Å²) in [5.41, 5.74) is 3.91. The Hall–Kier alpha value is -3.02. The van der Waals surface area contributed by atoms with E-state index in [1.54, 1.807) is 25.3 Å². The number of carbonyl (C=O) groups excluding carboxylic acids is 1. The van der Waals surface area contributed by atoms with Crippen molar-refractivity contribution < 1.29 is 24.2 Å². The van der Waals surface area contributed by atoms with Gasteiger partial charge >= 0.3 is 5.97 Å². The second-order valence-electron chi connectivity index (χ2n) is 5.69. The van der Waals surface area contributed by atoms with Gasteiger partial charge in [0, 0.05) is 11.3 Å². The Bertz CT molecular complexity index is 814. The second kappa shape index (κ2) is 7.70. The molecule has 0 spiro atoms. The molecule has 0 heterocycles. The zero-order chi connectivity index (χ0) is 18.6. The number of carbonyl (C=O) groups is 2. The molecule has 0 aromatic heterocycles. The van der Waals surface area contributed by atoms with Crippen molar-refractivity contribution in [2.45, 2.75) is 20.8 Å². The summed E-state index contributed by atoms with van der Waals surface area (Å²) in [6, 6.07) is 8.28. The van der Waals surface area contributed by atoms with Gasteiger partial charge in [0.25, 0.3) is 5.91 Å².